The third kappa shape index (κ3) is 4.24. The number of benzene rings is 1. The van der Waals surface area contributed by atoms with Gasteiger partial charge in [0, 0.05) is 11.3 Å². The number of allylic oxidation sites excluding steroid dienone is 1. The van der Waals surface area contributed by atoms with Crippen molar-refractivity contribution in [1.82, 2.24) is 4.90 Å². The molecule has 2 rings (SSSR count). The maximum atomic E-state index is 12.8. The molecule has 0 saturated carbocycles. The predicted molar refractivity (Wildman–Crippen MR) is 88.8 cm³/mol. The summed E-state index contributed by atoms with van der Waals surface area (Å²) in [5.41, 5.74) is 0.868. The van der Waals surface area contributed by atoms with E-state index in [1.54, 1.807) is 24.3 Å². The average Bonchev–Trinajstić information content (AvgIpc) is 2.50. The van der Waals surface area contributed by atoms with Gasteiger partial charge in [-0.15, -0.1) is 6.42 Å². The molecule has 0 spiro atoms. The van der Waals surface area contributed by atoms with Crippen molar-refractivity contribution in [3.8, 4) is 18.1 Å². The summed E-state index contributed by atoms with van der Waals surface area (Å²) in [6.45, 7) is -0.585. The van der Waals surface area contributed by atoms with Gasteiger partial charge in [0.05, 0.1) is 16.4 Å². The molecule has 0 fully saturated rings. The fourth-order valence-electron chi connectivity index (χ4n) is 2.21. The lowest BCUT2D eigenvalue weighted by atomic mass is 10.0. The smallest absolute Gasteiger partial charge is 0.256 e. The van der Waals surface area contributed by atoms with Gasteiger partial charge in [0.1, 0.15) is 12.4 Å². The Kier molecular flexibility index (Phi) is 6.03. The molecule has 1 atom stereocenters. The highest BCUT2D eigenvalue weighted by Gasteiger charge is 2.32. The molecule has 1 unspecified atom stereocenters. The number of hydrogen-bond acceptors (Lipinski definition) is 2. The Morgan fingerprint density at radius 1 is 1.52 bits per heavy atom. The zero-order chi connectivity index (χ0) is 17.0. The molecule has 0 bridgehead atoms. The van der Waals surface area contributed by atoms with Gasteiger partial charge < -0.3 is 9.64 Å². The van der Waals surface area contributed by atoms with Crippen LogP contribution in [-0.4, -0.2) is 35.2 Å². The topological polar surface area (TPSA) is 29.5 Å². The Morgan fingerprint density at radius 2 is 2.26 bits per heavy atom. The normalized spacial score (nSPS) is 17.9. The first-order chi connectivity index (χ1) is 10.9. The highest BCUT2D eigenvalue weighted by molar-refractivity contribution is 9.10. The molecule has 0 radical (unpaired) electrons. The minimum Gasteiger partial charge on any atom is -0.481 e. The Bertz CT molecular complexity index is 673. The lowest BCUT2D eigenvalue weighted by molar-refractivity contribution is -0.129. The second kappa shape index (κ2) is 7.80. The standard InChI is InChI=1S/C16H13BrClF2NO2/c1-2-7-23-10-3-4-11(13(18)8-10)14-6-5-12(17)16(22)21(14)9-15(19)20/h1,3-4,6,8,12,15H,5,7,9H2. The molecule has 1 heterocycles. The summed E-state index contributed by atoms with van der Waals surface area (Å²) < 4.78 is 30.9. The minimum atomic E-state index is -2.64. The molecule has 1 amide bonds. The summed E-state index contributed by atoms with van der Waals surface area (Å²) in [5.74, 6) is 2.39. The summed E-state index contributed by atoms with van der Waals surface area (Å²) in [5, 5.41) is 0.297. The maximum Gasteiger partial charge on any atom is 0.256 e. The number of carbonyl (C=O) groups is 1. The monoisotopic (exact) mass is 403 g/mol. The van der Waals surface area contributed by atoms with Crippen LogP contribution in [0.3, 0.4) is 0 Å². The van der Waals surface area contributed by atoms with E-state index in [-0.39, 0.29) is 6.61 Å². The third-order valence-corrected chi connectivity index (χ3v) is 4.28. The van der Waals surface area contributed by atoms with E-state index in [4.69, 9.17) is 22.8 Å². The lowest BCUT2D eigenvalue weighted by Crippen LogP contribution is -2.41. The summed E-state index contributed by atoms with van der Waals surface area (Å²) in [6, 6.07) is 4.80. The van der Waals surface area contributed by atoms with E-state index in [9.17, 15) is 13.6 Å². The molecule has 0 N–H and O–H groups in total. The van der Waals surface area contributed by atoms with Crippen molar-refractivity contribution < 1.29 is 18.3 Å². The molecular weight excluding hydrogens is 392 g/mol. The van der Waals surface area contributed by atoms with Crippen LogP contribution in [-0.2, 0) is 4.79 Å². The number of carbonyl (C=O) groups excluding carboxylic acids is 1. The lowest BCUT2D eigenvalue weighted by Gasteiger charge is -2.31. The number of halogens is 4. The van der Waals surface area contributed by atoms with Gasteiger partial charge in [-0.3, -0.25) is 4.79 Å². The Hall–Kier alpha value is -1.58. The Balaban J connectivity index is 2.34. The van der Waals surface area contributed by atoms with Crippen LogP contribution in [0.2, 0.25) is 5.02 Å². The molecule has 1 aromatic carbocycles. The van der Waals surface area contributed by atoms with Crippen LogP contribution in [0.15, 0.2) is 24.3 Å². The number of terminal acetylenes is 1. The number of nitrogens with zero attached hydrogens (tertiary/aromatic N) is 1. The van der Waals surface area contributed by atoms with Gasteiger partial charge in [0.15, 0.2) is 0 Å². The van der Waals surface area contributed by atoms with E-state index in [2.05, 4.69) is 21.9 Å². The van der Waals surface area contributed by atoms with Crippen molar-refractivity contribution in [2.75, 3.05) is 13.2 Å². The number of alkyl halides is 3. The highest BCUT2D eigenvalue weighted by Crippen LogP contribution is 2.34. The van der Waals surface area contributed by atoms with Gasteiger partial charge in [-0.2, -0.15) is 0 Å². The van der Waals surface area contributed by atoms with Crippen LogP contribution in [0.25, 0.3) is 5.70 Å². The van der Waals surface area contributed by atoms with Crippen LogP contribution in [0.4, 0.5) is 8.78 Å². The van der Waals surface area contributed by atoms with Crippen LogP contribution in [0.5, 0.6) is 5.75 Å². The number of hydrogen-bond donors (Lipinski definition) is 0. The summed E-state index contributed by atoms with van der Waals surface area (Å²) in [4.78, 5) is 12.7. The summed E-state index contributed by atoms with van der Waals surface area (Å²) in [6.07, 6.45) is 4.59. The number of rotatable bonds is 5. The van der Waals surface area contributed by atoms with E-state index >= 15 is 0 Å². The fraction of sp³-hybridized carbons (Fsp3) is 0.312. The molecule has 0 aliphatic carbocycles. The molecule has 23 heavy (non-hydrogen) atoms. The quantitative estimate of drug-likeness (QED) is 0.549. The SMILES string of the molecule is C#CCOc1ccc(C2=CCC(Br)C(=O)N2CC(F)F)c(Cl)c1. The molecule has 1 aliphatic heterocycles. The molecule has 0 aromatic heterocycles. The van der Waals surface area contributed by atoms with Gasteiger partial charge in [-0.05, 0) is 24.6 Å². The van der Waals surface area contributed by atoms with E-state index < -0.39 is 23.7 Å². The average molecular weight is 405 g/mol. The zero-order valence-electron chi connectivity index (χ0n) is 11.9. The molecule has 7 heteroatoms. The van der Waals surface area contributed by atoms with Gasteiger partial charge in [0.2, 0.25) is 5.91 Å². The number of amides is 1. The predicted octanol–water partition coefficient (Wildman–Crippen LogP) is 3.95. The molecule has 1 aliphatic rings. The van der Waals surface area contributed by atoms with Crippen molar-refractivity contribution >= 4 is 39.1 Å². The third-order valence-electron chi connectivity index (χ3n) is 3.20. The Labute approximate surface area is 146 Å². The molecule has 0 saturated heterocycles. The van der Waals surface area contributed by atoms with E-state index in [1.165, 1.54) is 0 Å². The second-order valence-corrected chi connectivity index (χ2v) is 6.28. The van der Waals surface area contributed by atoms with E-state index in [1.807, 2.05) is 0 Å². The first kappa shape index (κ1) is 17.8. The van der Waals surface area contributed by atoms with Crippen LogP contribution in [0.1, 0.15) is 12.0 Å². The fourth-order valence-corrected chi connectivity index (χ4v) is 2.92. The summed E-state index contributed by atoms with van der Waals surface area (Å²) >= 11 is 9.41. The van der Waals surface area contributed by atoms with Crippen LogP contribution < -0.4 is 4.74 Å². The molecular formula is C16H13BrClF2NO2. The van der Waals surface area contributed by atoms with Crippen molar-refractivity contribution in [3.63, 3.8) is 0 Å². The van der Waals surface area contributed by atoms with E-state index in [0.717, 1.165) is 4.90 Å². The van der Waals surface area contributed by atoms with Gasteiger partial charge >= 0.3 is 0 Å². The van der Waals surface area contributed by atoms with Gasteiger partial charge in [-0.1, -0.05) is 39.5 Å². The van der Waals surface area contributed by atoms with Crippen LogP contribution in [0, 0.1) is 12.3 Å². The first-order valence-corrected chi connectivity index (χ1v) is 8.03. The molecule has 3 nitrogen and oxygen atoms in total. The van der Waals surface area contributed by atoms with Gasteiger partial charge in [-0.25, -0.2) is 8.78 Å². The van der Waals surface area contributed by atoms with Gasteiger partial charge in [0.25, 0.3) is 6.43 Å². The number of ether oxygens (including phenoxy) is 1. The minimum absolute atomic E-state index is 0.0969. The van der Waals surface area contributed by atoms with Crippen molar-refractivity contribution in [3.05, 3.63) is 34.9 Å². The second-order valence-electron chi connectivity index (χ2n) is 4.77. The molecule has 1 aromatic rings. The van der Waals surface area contributed by atoms with E-state index in [0.29, 0.717) is 28.5 Å². The van der Waals surface area contributed by atoms with Crippen molar-refractivity contribution in [2.24, 2.45) is 0 Å². The largest absolute Gasteiger partial charge is 0.481 e. The first-order valence-electron chi connectivity index (χ1n) is 6.74. The van der Waals surface area contributed by atoms with Crippen molar-refractivity contribution in [2.45, 2.75) is 17.7 Å². The van der Waals surface area contributed by atoms with Crippen LogP contribution >= 0.6 is 27.5 Å². The Morgan fingerprint density at radius 3 is 2.87 bits per heavy atom. The summed E-state index contributed by atoms with van der Waals surface area (Å²) in [7, 11) is 0. The highest BCUT2D eigenvalue weighted by atomic mass is 79.9. The zero-order valence-corrected chi connectivity index (χ0v) is 14.3. The van der Waals surface area contributed by atoms with Crippen molar-refractivity contribution in [1.29, 1.82) is 0 Å². The molecule has 122 valence electrons. The maximum absolute atomic E-state index is 12.8.